The van der Waals surface area contributed by atoms with E-state index >= 15 is 0 Å². The Balaban J connectivity index is 1.56. The number of anilines is 1. The van der Waals surface area contributed by atoms with E-state index in [0.717, 1.165) is 20.8 Å². The van der Waals surface area contributed by atoms with Crippen molar-refractivity contribution in [2.75, 3.05) is 4.72 Å². The topological polar surface area (TPSA) is 76.1 Å². The van der Waals surface area contributed by atoms with Crippen molar-refractivity contribution in [3.8, 4) is 10.6 Å². The molecule has 0 spiro atoms. The molecule has 146 valence electrons. The first-order valence-corrected chi connectivity index (χ1v) is 11.3. The van der Waals surface area contributed by atoms with Crippen LogP contribution < -0.4 is 4.72 Å². The highest BCUT2D eigenvalue weighted by atomic mass is 35.5. The van der Waals surface area contributed by atoms with Crippen LogP contribution in [0.15, 0.2) is 71.6 Å². The zero-order valence-electron chi connectivity index (χ0n) is 15.2. The Morgan fingerprint density at radius 2 is 1.69 bits per heavy atom. The maximum Gasteiger partial charge on any atom is 0.261 e. The minimum atomic E-state index is -3.75. The Morgan fingerprint density at radius 1 is 1.00 bits per heavy atom. The highest BCUT2D eigenvalue weighted by Gasteiger charge is 2.15. The van der Waals surface area contributed by atoms with Gasteiger partial charge in [0.25, 0.3) is 10.0 Å². The maximum atomic E-state index is 12.6. The number of carbonyl (C=O) groups is 1. The number of rotatable bonds is 5. The molecule has 0 unspecified atom stereocenters. The van der Waals surface area contributed by atoms with Crippen LogP contribution in [0, 0.1) is 0 Å². The first-order valence-electron chi connectivity index (χ1n) is 8.62. The van der Waals surface area contributed by atoms with Crippen LogP contribution >= 0.6 is 22.9 Å². The Morgan fingerprint density at radius 3 is 2.34 bits per heavy atom. The Labute approximate surface area is 177 Å². The lowest BCUT2D eigenvalue weighted by atomic mass is 10.2. The third-order valence-electron chi connectivity index (χ3n) is 4.31. The molecule has 0 amide bonds. The molecular formula is C21H15ClN2O3S2. The molecule has 3 aromatic carbocycles. The first-order chi connectivity index (χ1) is 13.8. The number of hydrogen-bond donors (Lipinski definition) is 1. The predicted octanol–water partition coefficient (Wildman–Crippen LogP) is 5.62. The number of halogens is 1. The van der Waals surface area contributed by atoms with E-state index in [9.17, 15) is 13.2 Å². The van der Waals surface area contributed by atoms with E-state index in [-0.39, 0.29) is 10.7 Å². The lowest BCUT2D eigenvalue weighted by Gasteiger charge is -2.09. The Kier molecular flexibility index (Phi) is 5.12. The van der Waals surface area contributed by atoms with Crippen molar-refractivity contribution >= 4 is 54.6 Å². The van der Waals surface area contributed by atoms with Crippen molar-refractivity contribution < 1.29 is 13.2 Å². The molecule has 0 bridgehead atoms. The van der Waals surface area contributed by atoms with Crippen LogP contribution in [-0.4, -0.2) is 19.2 Å². The quantitative estimate of drug-likeness (QED) is 0.407. The van der Waals surface area contributed by atoms with Gasteiger partial charge in [0.05, 0.1) is 15.1 Å². The average molecular weight is 443 g/mol. The van der Waals surface area contributed by atoms with Gasteiger partial charge in [0, 0.05) is 21.8 Å². The second-order valence-corrected chi connectivity index (χ2v) is 9.54. The van der Waals surface area contributed by atoms with E-state index in [2.05, 4.69) is 9.71 Å². The number of carbonyl (C=O) groups excluding carboxylic acids is 1. The van der Waals surface area contributed by atoms with Crippen molar-refractivity contribution in [1.29, 1.82) is 0 Å². The Bertz CT molecular complexity index is 1310. The van der Waals surface area contributed by atoms with Gasteiger partial charge in [-0.05, 0) is 61.5 Å². The summed E-state index contributed by atoms with van der Waals surface area (Å²) in [5.74, 6) is -0.116. The third-order valence-corrected chi connectivity index (χ3v) is 7.01. The molecule has 8 heteroatoms. The SMILES string of the molecule is CC(=O)c1ccc(S(=O)(=O)Nc2ccc(-c3nc4ccc(Cl)cc4s3)cc2)cc1. The number of hydrogen-bond acceptors (Lipinski definition) is 5. The Hall–Kier alpha value is -2.74. The molecule has 0 saturated carbocycles. The molecule has 1 heterocycles. The van der Waals surface area contributed by atoms with E-state index in [4.69, 9.17) is 11.6 Å². The van der Waals surface area contributed by atoms with E-state index in [1.165, 1.54) is 42.5 Å². The van der Waals surface area contributed by atoms with Gasteiger partial charge in [-0.1, -0.05) is 23.7 Å². The summed E-state index contributed by atoms with van der Waals surface area (Å²) in [7, 11) is -3.75. The van der Waals surface area contributed by atoms with Gasteiger partial charge in [-0.25, -0.2) is 13.4 Å². The molecule has 0 saturated heterocycles. The molecule has 1 N–H and O–H groups in total. The minimum absolute atomic E-state index is 0.0922. The third kappa shape index (κ3) is 4.17. The van der Waals surface area contributed by atoms with Crippen molar-refractivity contribution in [1.82, 2.24) is 4.98 Å². The lowest BCUT2D eigenvalue weighted by Crippen LogP contribution is -2.13. The number of aromatic nitrogens is 1. The molecule has 0 radical (unpaired) electrons. The molecule has 0 fully saturated rings. The number of nitrogens with one attached hydrogen (secondary N) is 1. The van der Waals surface area contributed by atoms with Crippen LogP contribution in [-0.2, 0) is 10.0 Å². The van der Waals surface area contributed by atoms with Gasteiger partial charge < -0.3 is 0 Å². The maximum absolute atomic E-state index is 12.6. The molecule has 0 aliphatic rings. The monoisotopic (exact) mass is 442 g/mol. The van der Waals surface area contributed by atoms with Crippen molar-refractivity contribution in [2.24, 2.45) is 0 Å². The van der Waals surface area contributed by atoms with Crippen LogP contribution in [0.2, 0.25) is 5.02 Å². The molecular weight excluding hydrogens is 428 g/mol. The minimum Gasteiger partial charge on any atom is -0.295 e. The number of benzene rings is 3. The van der Waals surface area contributed by atoms with Gasteiger partial charge in [-0.3, -0.25) is 9.52 Å². The number of sulfonamides is 1. The molecule has 4 aromatic rings. The number of ketones is 1. The predicted molar refractivity (Wildman–Crippen MR) is 117 cm³/mol. The number of thiazole rings is 1. The molecule has 5 nitrogen and oxygen atoms in total. The van der Waals surface area contributed by atoms with Crippen LogP contribution in [0.5, 0.6) is 0 Å². The molecule has 0 aliphatic carbocycles. The van der Waals surface area contributed by atoms with E-state index in [1.54, 1.807) is 18.2 Å². The lowest BCUT2D eigenvalue weighted by molar-refractivity contribution is 0.101. The van der Waals surface area contributed by atoms with Crippen LogP contribution in [0.4, 0.5) is 5.69 Å². The largest absolute Gasteiger partial charge is 0.295 e. The summed E-state index contributed by atoms with van der Waals surface area (Å²) < 4.78 is 28.7. The molecule has 29 heavy (non-hydrogen) atoms. The summed E-state index contributed by atoms with van der Waals surface area (Å²) >= 11 is 7.55. The summed E-state index contributed by atoms with van der Waals surface area (Å²) in [6.07, 6.45) is 0. The van der Waals surface area contributed by atoms with E-state index in [1.807, 2.05) is 24.3 Å². The smallest absolute Gasteiger partial charge is 0.261 e. The molecule has 0 aliphatic heterocycles. The zero-order valence-corrected chi connectivity index (χ0v) is 17.6. The summed E-state index contributed by atoms with van der Waals surface area (Å²) in [5.41, 5.74) is 2.66. The molecule has 0 atom stereocenters. The van der Waals surface area contributed by atoms with Crippen molar-refractivity contribution in [3.63, 3.8) is 0 Å². The summed E-state index contributed by atoms with van der Waals surface area (Å²) in [4.78, 5) is 16.0. The highest BCUT2D eigenvalue weighted by Crippen LogP contribution is 2.32. The van der Waals surface area contributed by atoms with Crippen LogP contribution in [0.25, 0.3) is 20.8 Å². The second-order valence-electron chi connectivity index (χ2n) is 6.39. The van der Waals surface area contributed by atoms with Crippen molar-refractivity contribution in [3.05, 3.63) is 77.3 Å². The number of nitrogens with zero attached hydrogens (tertiary/aromatic N) is 1. The first kappa shape index (κ1) is 19.6. The zero-order chi connectivity index (χ0) is 20.6. The average Bonchev–Trinajstić information content (AvgIpc) is 3.11. The fraction of sp³-hybridized carbons (Fsp3) is 0.0476. The van der Waals surface area contributed by atoms with Gasteiger partial charge in [0.2, 0.25) is 0 Å². The van der Waals surface area contributed by atoms with Crippen molar-refractivity contribution in [2.45, 2.75) is 11.8 Å². The number of Topliss-reactive ketones (excluding diaryl/α,β-unsaturated/α-hetero) is 1. The summed E-state index contributed by atoms with van der Waals surface area (Å²) in [6.45, 7) is 1.43. The van der Waals surface area contributed by atoms with Gasteiger partial charge in [0.1, 0.15) is 5.01 Å². The van der Waals surface area contributed by atoms with Gasteiger partial charge in [-0.15, -0.1) is 11.3 Å². The van der Waals surface area contributed by atoms with Gasteiger partial charge in [-0.2, -0.15) is 0 Å². The van der Waals surface area contributed by atoms with E-state index in [0.29, 0.717) is 16.3 Å². The van der Waals surface area contributed by atoms with Crippen LogP contribution in [0.3, 0.4) is 0 Å². The second kappa shape index (κ2) is 7.59. The van der Waals surface area contributed by atoms with Gasteiger partial charge in [0.15, 0.2) is 5.78 Å². The standard InChI is InChI=1S/C21H15ClN2O3S2/c1-13(25)14-4-9-18(10-5-14)29(26,27)24-17-7-2-15(3-8-17)21-23-19-11-6-16(22)12-20(19)28-21/h2-12,24H,1H3. The summed E-state index contributed by atoms with van der Waals surface area (Å²) in [6, 6.07) is 18.4. The fourth-order valence-corrected chi connectivity index (χ4v) is 5.09. The van der Waals surface area contributed by atoms with E-state index < -0.39 is 10.0 Å². The molecule has 4 rings (SSSR count). The van der Waals surface area contributed by atoms with Crippen LogP contribution in [0.1, 0.15) is 17.3 Å². The fourth-order valence-electron chi connectivity index (χ4n) is 2.79. The molecule has 1 aromatic heterocycles. The highest BCUT2D eigenvalue weighted by molar-refractivity contribution is 7.92. The van der Waals surface area contributed by atoms with Gasteiger partial charge >= 0.3 is 0 Å². The normalized spacial score (nSPS) is 11.5. The summed E-state index contributed by atoms with van der Waals surface area (Å²) in [5, 5.41) is 1.49. The number of fused-ring (bicyclic) bond motifs is 1.